The van der Waals surface area contributed by atoms with Gasteiger partial charge in [0.05, 0.1) is 17.2 Å². The van der Waals surface area contributed by atoms with Gasteiger partial charge in [-0.15, -0.1) is 0 Å². The van der Waals surface area contributed by atoms with Gasteiger partial charge in [-0.1, -0.05) is 54.4 Å². The number of rotatable bonds is 13. The first-order valence-corrected chi connectivity index (χ1v) is 15.5. The van der Waals surface area contributed by atoms with Crippen molar-refractivity contribution >= 4 is 50.7 Å². The zero-order valence-corrected chi connectivity index (χ0v) is 25.8. The van der Waals surface area contributed by atoms with Gasteiger partial charge in [-0.2, -0.15) is 0 Å². The van der Waals surface area contributed by atoms with Crippen molar-refractivity contribution in [2.45, 2.75) is 57.6 Å². The standard InChI is InChI=1S/C30H35Cl2N3O5S/c1-5-21(3)33-30(37)22(4)34(19-23-10-9-11-25(32)18-23)29(36)20-35(27-12-7-8-13-28(27)40-6-2)41(38,39)26-16-14-24(31)15-17-26/h7-18,21-22H,5-6,19-20H2,1-4H3,(H,33,37)/t21-,22+/m1/s1. The number of hydrogen-bond acceptors (Lipinski definition) is 5. The van der Waals surface area contributed by atoms with Crippen molar-refractivity contribution in [3.63, 3.8) is 0 Å². The van der Waals surface area contributed by atoms with Crippen LogP contribution < -0.4 is 14.4 Å². The van der Waals surface area contributed by atoms with E-state index in [-0.39, 0.29) is 35.7 Å². The number of nitrogens with zero attached hydrogens (tertiary/aromatic N) is 2. The highest BCUT2D eigenvalue weighted by Crippen LogP contribution is 2.33. The average molecular weight is 621 g/mol. The Labute approximate surface area is 252 Å². The summed E-state index contributed by atoms with van der Waals surface area (Å²) in [4.78, 5) is 28.5. The SMILES string of the molecule is CCOc1ccccc1N(CC(=O)N(Cc1cccc(Cl)c1)[C@@H](C)C(=O)N[C@H](C)CC)S(=O)(=O)c1ccc(Cl)cc1. The molecule has 0 aromatic heterocycles. The Balaban J connectivity index is 2.08. The molecular weight excluding hydrogens is 585 g/mol. The van der Waals surface area contributed by atoms with Gasteiger partial charge in [0, 0.05) is 22.6 Å². The lowest BCUT2D eigenvalue weighted by molar-refractivity contribution is -0.139. The highest BCUT2D eigenvalue weighted by atomic mass is 35.5. The first-order chi connectivity index (χ1) is 19.5. The Kier molecular flexibility index (Phi) is 11.5. The Morgan fingerprint density at radius 2 is 1.61 bits per heavy atom. The van der Waals surface area contributed by atoms with Crippen LogP contribution in [0, 0.1) is 0 Å². The van der Waals surface area contributed by atoms with Crippen molar-refractivity contribution in [3.8, 4) is 5.75 Å². The number of benzene rings is 3. The van der Waals surface area contributed by atoms with E-state index in [0.29, 0.717) is 27.8 Å². The Morgan fingerprint density at radius 1 is 0.927 bits per heavy atom. The van der Waals surface area contributed by atoms with Crippen LogP contribution in [-0.2, 0) is 26.2 Å². The van der Waals surface area contributed by atoms with Gasteiger partial charge in [0.15, 0.2) is 0 Å². The molecule has 2 amide bonds. The number of nitrogens with one attached hydrogen (secondary N) is 1. The molecule has 0 unspecified atom stereocenters. The topological polar surface area (TPSA) is 96.0 Å². The number of carbonyl (C=O) groups is 2. The number of carbonyl (C=O) groups excluding carboxylic acids is 2. The van der Waals surface area contributed by atoms with Gasteiger partial charge in [-0.05, 0) is 81.3 Å². The van der Waals surface area contributed by atoms with E-state index < -0.39 is 28.5 Å². The van der Waals surface area contributed by atoms with Crippen LogP contribution in [0.25, 0.3) is 0 Å². The van der Waals surface area contributed by atoms with Crippen molar-refractivity contribution in [2.75, 3.05) is 17.5 Å². The molecule has 1 N–H and O–H groups in total. The summed E-state index contributed by atoms with van der Waals surface area (Å²) in [5, 5.41) is 3.76. The van der Waals surface area contributed by atoms with Crippen LogP contribution in [0.3, 0.4) is 0 Å². The maximum atomic E-state index is 14.1. The van der Waals surface area contributed by atoms with E-state index in [9.17, 15) is 18.0 Å². The Morgan fingerprint density at radius 3 is 2.24 bits per heavy atom. The van der Waals surface area contributed by atoms with Crippen LogP contribution in [0.4, 0.5) is 5.69 Å². The van der Waals surface area contributed by atoms with Crippen LogP contribution in [0.2, 0.25) is 10.0 Å². The molecule has 0 saturated heterocycles. The van der Waals surface area contributed by atoms with Gasteiger partial charge in [0.1, 0.15) is 18.3 Å². The monoisotopic (exact) mass is 619 g/mol. The molecule has 8 nitrogen and oxygen atoms in total. The molecule has 0 spiro atoms. The fourth-order valence-corrected chi connectivity index (χ4v) is 5.83. The van der Waals surface area contributed by atoms with Gasteiger partial charge >= 0.3 is 0 Å². The molecule has 3 aromatic carbocycles. The predicted octanol–water partition coefficient (Wildman–Crippen LogP) is 5.92. The Bertz CT molecular complexity index is 1450. The van der Waals surface area contributed by atoms with E-state index in [2.05, 4.69) is 5.32 Å². The largest absolute Gasteiger partial charge is 0.492 e. The quantitative estimate of drug-likeness (QED) is 0.256. The first kappa shape index (κ1) is 32.2. The van der Waals surface area contributed by atoms with Crippen LogP contribution in [0.1, 0.15) is 39.7 Å². The van der Waals surface area contributed by atoms with Gasteiger partial charge in [-0.3, -0.25) is 13.9 Å². The second-order valence-corrected chi connectivity index (χ2v) is 12.2. The minimum absolute atomic E-state index is 0.0381. The summed E-state index contributed by atoms with van der Waals surface area (Å²) in [6.45, 7) is 6.95. The second kappa shape index (κ2) is 14.6. The van der Waals surface area contributed by atoms with Crippen molar-refractivity contribution in [1.29, 1.82) is 0 Å². The van der Waals surface area contributed by atoms with Crippen molar-refractivity contribution in [3.05, 3.63) is 88.4 Å². The van der Waals surface area contributed by atoms with E-state index in [0.717, 1.165) is 4.31 Å². The van der Waals surface area contributed by atoms with Gasteiger partial charge < -0.3 is 15.0 Å². The average Bonchev–Trinajstić information content (AvgIpc) is 2.95. The third-order valence-electron chi connectivity index (χ3n) is 6.52. The molecule has 3 aromatic rings. The van der Waals surface area contributed by atoms with Gasteiger partial charge in [-0.25, -0.2) is 8.42 Å². The van der Waals surface area contributed by atoms with E-state index in [1.165, 1.54) is 29.2 Å². The van der Waals surface area contributed by atoms with Crippen molar-refractivity contribution in [1.82, 2.24) is 10.2 Å². The highest BCUT2D eigenvalue weighted by Gasteiger charge is 2.34. The number of ether oxygens (including phenoxy) is 1. The summed E-state index contributed by atoms with van der Waals surface area (Å²) >= 11 is 12.2. The fraction of sp³-hybridized carbons (Fsp3) is 0.333. The van der Waals surface area contributed by atoms with Gasteiger partial charge in [0.25, 0.3) is 10.0 Å². The molecular formula is C30H35Cl2N3O5S. The lowest BCUT2D eigenvalue weighted by Gasteiger charge is -2.33. The van der Waals surface area contributed by atoms with E-state index in [1.807, 2.05) is 13.8 Å². The maximum Gasteiger partial charge on any atom is 0.264 e. The zero-order valence-electron chi connectivity index (χ0n) is 23.5. The van der Waals surface area contributed by atoms with Crippen LogP contribution >= 0.6 is 23.2 Å². The van der Waals surface area contributed by atoms with E-state index in [4.69, 9.17) is 27.9 Å². The molecule has 11 heteroatoms. The zero-order chi connectivity index (χ0) is 30.2. The molecule has 0 bridgehead atoms. The summed E-state index contributed by atoms with van der Waals surface area (Å²) < 4.78 is 34.8. The minimum atomic E-state index is -4.26. The van der Waals surface area contributed by atoms with Gasteiger partial charge in [0.2, 0.25) is 11.8 Å². The molecule has 3 rings (SSSR count). The van der Waals surface area contributed by atoms with E-state index >= 15 is 0 Å². The number of hydrogen-bond donors (Lipinski definition) is 1. The highest BCUT2D eigenvalue weighted by molar-refractivity contribution is 7.92. The number of halogens is 2. The lowest BCUT2D eigenvalue weighted by Crippen LogP contribution is -2.52. The summed E-state index contributed by atoms with van der Waals surface area (Å²) in [6.07, 6.45) is 0.710. The Hall–Kier alpha value is -3.27. The van der Waals surface area contributed by atoms with Crippen LogP contribution in [0.15, 0.2) is 77.7 Å². The summed E-state index contributed by atoms with van der Waals surface area (Å²) in [5.74, 6) is -0.638. The second-order valence-electron chi connectivity index (χ2n) is 9.51. The lowest BCUT2D eigenvalue weighted by atomic mass is 10.1. The molecule has 0 heterocycles. The molecule has 0 fully saturated rings. The first-order valence-electron chi connectivity index (χ1n) is 13.3. The third-order valence-corrected chi connectivity index (χ3v) is 8.79. The van der Waals surface area contributed by atoms with Crippen LogP contribution in [-0.4, -0.2) is 50.4 Å². The molecule has 0 radical (unpaired) electrons. The number of sulfonamides is 1. The summed E-state index contributed by atoms with van der Waals surface area (Å²) in [5.41, 5.74) is 0.882. The third kappa shape index (κ3) is 8.38. The van der Waals surface area contributed by atoms with Crippen LogP contribution in [0.5, 0.6) is 5.75 Å². The normalized spacial score (nSPS) is 12.7. The number of para-hydroxylation sites is 2. The summed E-state index contributed by atoms with van der Waals surface area (Å²) in [6, 6.07) is 18.2. The molecule has 220 valence electrons. The molecule has 41 heavy (non-hydrogen) atoms. The van der Waals surface area contributed by atoms with Crippen molar-refractivity contribution in [2.24, 2.45) is 0 Å². The molecule has 2 atom stereocenters. The number of anilines is 1. The molecule has 0 saturated carbocycles. The molecule has 0 aliphatic carbocycles. The maximum absolute atomic E-state index is 14.1. The number of amides is 2. The van der Waals surface area contributed by atoms with E-state index in [1.54, 1.807) is 62.4 Å². The molecule has 0 aliphatic rings. The fourth-order valence-electron chi connectivity index (χ4n) is 4.07. The summed E-state index contributed by atoms with van der Waals surface area (Å²) in [7, 11) is -4.26. The smallest absolute Gasteiger partial charge is 0.264 e. The van der Waals surface area contributed by atoms with Crippen molar-refractivity contribution < 1.29 is 22.7 Å². The predicted molar refractivity (Wildman–Crippen MR) is 163 cm³/mol. The minimum Gasteiger partial charge on any atom is -0.492 e. The molecule has 0 aliphatic heterocycles.